The Kier molecular flexibility index (Phi) is 2.83. The summed E-state index contributed by atoms with van der Waals surface area (Å²) in [7, 11) is 1.44. The molecule has 2 aromatic carbocycles. The molecule has 5 heteroatoms. The molecular formula is C14H11FN2OS. The van der Waals surface area contributed by atoms with Gasteiger partial charge in [-0.2, -0.15) is 0 Å². The lowest BCUT2D eigenvalue weighted by Gasteiger charge is -2.06. The number of fused-ring (bicyclic) bond motifs is 1. The molecular weight excluding hydrogens is 263 g/mol. The lowest BCUT2D eigenvalue weighted by atomic mass is 10.2. The maximum atomic E-state index is 13.7. The summed E-state index contributed by atoms with van der Waals surface area (Å²) in [4.78, 5) is 3.00. The van der Waals surface area contributed by atoms with E-state index in [4.69, 9.17) is 17.0 Å². The molecule has 3 aromatic rings. The van der Waals surface area contributed by atoms with Crippen molar-refractivity contribution < 1.29 is 9.13 Å². The molecule has 0 aliphatic heterocycles. The summed E-state index contributed by atoms with van der Waals surface area (Å²) in [6, 6.07) is 12.7. The van der Waals surface area contributed by atoms with Crippen molar-refractivity contribution >= 4 is 23.3 Å². The summed E-state index contributed by atoms with van der Waals surface area (Å²) >= 11 is 5.30. The van der Waals surface area contributed by atoms with Crippen LogP contribution in [0.2, 0.25) is 0 Å². The summed E-state index contributed by atoms with van der Waals surface area (Å²) in [5, 5.41) is 0. The first-order valence-electron chi connectivity index (χ1n) is 5.74. The number of aromatic nitrogens is 2. The van der Waals surface area contributed by atoms with Gasteiger partial charge in [0.05, 0.1) is 18.1 Å². The maximum absolute atomic E-state index is 13.7. The Bertz CT molecular complexity index is 792. The van der Waals surface area contributed by atoms with Gasteiger partial charge in [-0.25, -0.2) is 4.39 Å². The minimum atomic E-state index is -0.411. The highest BCUT2D eigenvalue weighted by molar-refractivity contribution is 7.71. The van der Waals surface area contributed by atoms with E-state index in [1.54, 1.807) is 6.07 Å². The predicted octanol–water partition coefficient (Wildman–Crippen LogP) is 3.84. The topological polar surface area (TPSA) is 29.9 Å². The van der Waals surface area contributed by atoms with Gasteiger partial charge in [-0.1, -0.05) is 18.2 Å². The number of nitrogens with one attached hydrogen (secondary N) is 1. The Morgan fingerprint density at radius 1 is 1.21 bits per heavy atom. The number of aromatic amines is 1. The minimum Gasteiger partial charge on any atom is -0.494 e. The van der Waals surface area contributed by atoms with Gasteiger partial charge in [0.25, 0.3) is 0 Å². The van der Waals surface area contributed by atoms with Crippen molar-refractivity contribution in [3.8, 4) is 11.4 Å². The number of hydrogen-bond acceptors (Lipinski definition) is 2. The van der Waals surface area contributed by atoms with Crippen LogP contribution in [0.3, 0.4) is 0 Å². The largest absolute Gasteiger partial charge is 0.494 e. The molecule has 0 aliphatic rings. The van der Waals surface area contributed by atoms with Crippen LogP contribution in [0.5, 0.6) is 5.75 Å². The Morgan fingerprint density at radius 3 is 2.63 bits per heavy atom. The smallest absolute Gasteiger partial charge is 0.182 e. The molecule has 19 heavy (non-hydrogen) atoms. The van der Waals surface area contributed by atoms with E-state index in [9.17, 15) is 4.39 Å². The summed E-state index contributed by atoms with van der Waals surface area (Å²) in [5.74, 6) is -0.211. The van der Waals surface area contributed by atoms with E-state index in [0.29, 0.717) is 10.3 Å². The van der Waals surface area contributed by atoms with Crippen molar-refractivity contribution in [1.29, 1.82) is 0 Å². The number of hydrogen-bond donors (Lipinski definition) is 1. The average molecular weight is 274 g/mol. The molecule has 0 bridgehead atoms. The van der Waals surface area contributed by atoms with Gasteiger partial charge < -0.3 is 9.72 Å². The van der Waals surface area contributed by atoms with Crippen LogP contribution in [0, 0.1) is 10.6 Å². The Hall–Kier alpha value is -2.14. The molecule has 3 rings (SSSR count). The van der Waals surface area contributed by atoms with Gasteiger partial charge >= 0.3 is 0 Å². The molecule has 0 radical (unpaired) electrons. The molecule has 96 valence electrons. The number of ether oxygens (including phenoxy) is 1. The van der Waals surface area contributed by atoms with Gasteiger partial charge in [0.2, 0.25) is 0 Å². The van der Waals surface area contributed by atoms with Crippen molar-refractivity contribution in [2.24, 2.45) is 0 Å². The summed E-state index contributed by atoms with van der Waals surface area (Å²) in [6.45, 7) is 0. The first-order valence-corrected chi connectivity index (χ1v) is 6.15. The van der Waals surface area contributed by atoms with Gasteiger partial charge in [-0.15, -0.1) is 0 Å². The maximum Gasteiger partial charge on any atom is 0.182 e. The van der Waals surface area contributed by atoms with Crippen molar-refractivity contribution in [3.05, 3.63) is 53.1 Å². The molecule has 3 nitrogen and oxygen atoms in total. The second-order valence-electron chi connectivity index (χ2n) is 4.11. The number of benzene rings is 2. The van der Waals surface area contributed by atoms with E-state index in [-0.39, 0.29) is 5.75 Å². The highest BCUT2D eigenvalue weighted by atomic mass is 32.1. The molecule has 0 aliphatic carbocycles. The standard InChI is InChI=1S/C14H11FN2OS/c1-18-13-8-12-11(7-10(13)15)16-14(19)17(12)9-5-3-2-4-6-9/h2-8H,1H3,(H,16,19). The van der Waals surface area contributed by atoms with Gasteiger partial charge in [0, 0.05) is 17.8 Å². The number of methoxy groups -OCH3 is 1. The van der Waals surface area contributed by atoms with Crippen LogP contribution in [0.1, 0.15) is 0 Å². The number of nitrogens with zero attached hydrogens (tertiary/aromatic N) is 1. The van der Waals surface area contributed by atoms with E-state index in [0.717, 1.165) is 11.2 Å². The predicted molar refractivity (Wildman–Crippen MR) is 75.0 cm³/mol. The molecule has 1 aromatic heterocycles. The zero-order valence-corrected chi connectivity index (χ0v) is 11.0. The van der Waals surface area contributed by atoms with Crippen LogP contribution in [0.4, 0.5) is 4.39 Å². The van der Waals surface area contributed by atoms with Crippen LogP contribution in [0.25, 0.3) is 16.7 Å². The molecule has 1 N–H and O–H groups in total. The van der Waals surface area contributed by atoms with E-state index < -0.39 is 5.82 Å². The summed E-state index contributed by atoms with van der Waals surface area (Å²) in [5.41, 5.74) is 2.36. The number of halogens is 1. The molecule has 0 fully saturated rings. The zero-order valence-electron chi connectivity index (χ0n) is 10.2. The van der Waals surface area contributed by atoms with Crippen LogP contribution in [-0.2, 0) is 0 Å². The Morgan fingerprint density at radius 2 is 1.95 bits per heavy atom. The average Bonchev–Trinajstić information content (AvgIpc) is 2.73. The van der Waals surface area contributed by atoms with Crippen molar-refractivity contribution in [3.63, 3.8) is 0 Å². The first-order chi connectivity index (χ1) is 9.20. The molecule has 0 unspecified atom stereocenters. The van der Waals surface area contributed by atoms with E-state index in [2.05, 4.69) is 4.98 Å². The van der Waals surface area contributed by atoms with Crippen molar-refractivity contribution in [2.45, 2.75) is 0 Å². The van der Waals surface area contributed by atoms with Gasteiger partial charge in [-0.05, 0) is 24.4 Å². The van der Waals surface area contributed by atoms with Crippen molar-refractivity contribution in [2.75, 3.05) is 7.11 Å². The zero-order chi connectivity index (χ0) is 13.4. The highest BCUT2D eigenvalue weighted by Crippen LogP contribution is 2.26. The number of rotatable bonds is 2. The fourth-order valence-electron chi connectivity index (χ4n) is 2.10. The third-order valence-corrected chi connectivity index (χ3v) is 3.25. The van der Waals surface area contributed by atoms with E-state index in [1.165, 1.54) is 13.2 Å². The fraction of sp³-hybridized carbons (Fsp3) is 0.0714. The van der Waals surface area contributed by atoms with E-state index in [1.807, 2.05) is 34.9 Å². The molecule has 1 heterocycles. The van der Waals surface area contributed by atoms with Gasteiger partial charge in [-0.3, -0.25) is 4.57 Å². The van der Waals surface area contributed by atoms with Crippen LogP contribution < -0.4 is 4.74 Å². The fourth-order valence-corrected chi connectivity index (χ4v) is 2.41. The minimum absolute atomic E-state index is 0.200. The SMILES string of the molecule is COc1cc2c(cc1F)[nH]c(=S)n2-c1ccccc1. The molecule has 0 atom stereocenters. The monoisotopic (exact) mass is 274 g/mol. The van der Waals surface area contributed by atoms with Gasteiger partial charge in [0.15, 0.2) is 16.3 Å². The Labute approximate surface area is 114 Å². The number of H-pyrrole nitrogens is 1. The Balaban J connectivity index is 2.36. The molecule has 0 saturated heterocycles. The molecule has 0 amide bonds. The third-order valence-electron chi connectivity index (χ3n) is 2.97. The quantitative estimate of drug-likeness (QED) is 0.720. The third kappa shape index (κ3) is 1.92. The second kappa shape index (κ2) is 4.51. The number of para-hydroxylation sites is 1. The van der Waals surface area contributed by atoms with Gasteiger partial charge in [0.1, 0.15) is 0 Å². The molecule has 0 spiro atoms. The highest BCUT2D eigenvalue weighted by Gasteiger charge is 2.11. The lowest BCUT2D eigenvalue weighted by Crippen LogP contribution is -1.94. The summed E-state index contributed by atoms with van der Waals surface area (Å²) < 4.78 is 21.1. The van der Waals surface area contributed by atoms with Crippen molar-refractivity contribution in [1.82, 2.24) is 9.55 Å². The lowest BCUT2D eigenvalue weighted by molar-refractivity contribution is 0.387. The summed E-state index contributed by atoms with van der Waals surface area (Å²) in [6.07, 6.45) is 0. The van der Waals surface area contributed by atoms with Crippen LogP contribution in [0.15, 0.2) is 42.5 Å². The number of imidazole rings is 1. The first kappa shape index (κ1) is 11.9. The van der Waals surface area contributed by atoms with E-state index >= 15 is 0 Å². The normalized spacial score (nSPS) is 10.8. The van der Waals surface area contributed by atoms with Crippen LogP contribution >= 0.6 is 12.2 Å². The van der Waals surface area contributed by atoms with Crippen LogP contribution in [-0.4, -0.2) is 16.7 Å². The second-order valence-corrected chi connectivity index (χ2v) is 4.49. The molecule has 0 saturated carbocycles.